The third-order valence-electron chi connectivity index (χ3n) is 2.12. The lowest BCUT2D eigenvalue weighted by Gasteiger charge is -2.03. The van der Waals surface area contributed by atoms with Gasteiger partial charge in [-0.2, -0.15) is 5.10 Å². The summed E-state index contributed by atoms with van der Waals surface area (Å²) in [6.45, 7) is 1.71. The smallest absolute Gasteiger partial charge is 0.155 e. The third kappa shape index (κ3) is 1.69. The molecule has 6 heteroatoms. The SMILES string of the molecule is Cc1nn(-c2cncc(F)c2C=O)cc1Cl. The van der Waals surface area contributed by atoms with E-state index in [1.807, 2.05) is 0 Å². The zero-order chi connectivity index (χ0) is 11.7. The zero-order valence-electron chi connectivity index (χ0n) is 8.32. The van der Waals surface area contributed by atoms with Crippen molar-refractivity contribution in [3.8, 4) is 5.69 Å². The largest absolute Gasteiger partial charge is 0.298 e. The number of carbonyl (C=O) groups is 1. The molecule has 4 nitrogen and oxygen atoms in total. The van der Waals surface area contributed by atoms with E-state index >= 15 is 0 Å². The second-order valence-corrected chi connectivity index (χ2v) is 3.59. The van der Waals surface area contributed by atoms with E-state index < -0.39 is 5.82 Å². The van der Waals surface area contributed by atoms with Gasteiger partial charge in [0.1, 0.15) is 0 Å². The number of aromatic nitrogens is 3. The second kappa shape index (κ2) is 4.02. The Morgan fingerprint density at radius 2 is 2.25 bits per heavy atom. The van der Waals surface area contributed by atoms with Crippen LogP contribution in [0.5, 0.6) is 0 Å². The molecule has 16 heavy (non-hydrogen) atoms. The minimum absolute atomic E-state index is 0.0887. The van der Waals surface area contributed by atoms with E-state index in [9.17, 15) is 9.18 Å². The molecule has 0 unspecified atom stereocenters. The predicted octanol–water partition coefficient (Wildman–Crippen LogP) is 2.18. The van der Waals surface area contributed by atoms with Crippen molar-refractivity contribution in [3.05, 3.63) is 40.7 Å². The number of nitrogens with zero attached hydrogens (tertiary/aromatic N) is 3. The van der Waals surface area contributed by atoms with E-state index in [4.69, 9.17) is 11.6 Å². The van der Waals surface area contributed by atoms with Gasteiger partial charge in [0, 0.05) is 6.20 Å². The summed E-state index contributed by atoms with van der Waals surface area (Å²) in [5.41, 5.74) is 0.780. The molecule has 0 aliphatic rings. The number of pyridine rings is 1. The van der Waals surface area contributed by atoms with E-state index in [0.29, 0.717) is 17.0 Å². The van der Waals surface area contributed by atoms with Crippen molar-refractivity contribution < 1.29 is 9.18 Å². The van der Waals surface area contributed by atoms with Crippen LogP contribution in [0.15, 0.2) is 18.6 Å². The first-order valence-corrected chi connectivity index (χ1v) is 4.82. The molecule has 2 aromatic rings. The Balaban J connectivity index is 2.64. The molecular weight excluding hydrogens is 233 g/mol. The van der Waals surface area contributed by atoms with Crippen LogP contribution in [-0.4, -0.2) is 21.1 Å². The lowest BCUT2D eigenvalue weighted by molar-refractivity contribution is 0.111. The van der Waals surface area contributed by atoms with Crippen LogP contribution in [0.25, 0.3) is 5.69 Å². The highest BCUT2D eigenvalue weighted by atomic mass is 35.5. The van der Waals surface area contributed by atoms with Crippen LogP contribution in [0.3, 0.4) is 0 Å². The summed E-state index contributed by atoms with van der Waals surface area (Å²) in [4.78, 5) is 14.4. The number of aryl methyl sites for hydroxylation is 1. The van der Waals surface area contributed by atoms with Gasteiger partial charge in [-0.15, -0.1) is 0 Å². The minimum atomic E-state index is -0.684. The van der Waals surface area contributed by atoms with E-state index in [1.54, 1.807) is 6.92 Å². The number of aldehydes is 1. The number of carbonyl (C=O) groups excluding carboxylic acids is 1. The van der Waals surface area contributed by atoms with Gasteiger partial charge in [-0.3, -0.25) is 9.78 Å². The van der Waals surface area contributed by atoms with Gasteiger partial charge in [-0.25, -0.2) is 9.07 Å². The van der Waals surface area contributed by atoms with Crippen LogP contribution in [0.4, 0.5) is 4.39 Å². The summed E-state index contributed by atoms with van der Waals surface area (Å²) in [6.07, 6.45) is 4.26. The van der Waals surface area contributed by atoms with Crippen molar-refractivity contribution >= 4 is 17.9 Å². The van der Waals surface area contributed by atoms with Crippen LogP contribution in [-0.2, 0) is 0 Å². The molecule has 0 atom stereocenters. The fraction of sp³-hybridized carbons (Fsp3) is 0.100. The quantitative estimate of drug-likeness (QED) is 0.755. The fourth-order valence-corrected chi connectivity index (χ4v) is 1.43. The van der Waals surface area contributed by atoms with Gasteiger partial charge in [-0.1, -0.05) is 11.6 Å². The molecule has 0 aromatic carbocycles. The maximum Gasteiger partial charge on any atom is 0.155 e. The van der Waals surface area contributed by atoms with Crippen LogP contribution in [0.1, 0.15) is 16.1 Å². The van der Waals surface area contributed by atoms with Gasteiger partial charge in [0.2, 0.25) is 0 Å². The molecule has 0 aliphatic carbocycles. The first kappa shape index (κ1) is 10.8. The van der Waals surface area contributed by atoms with E-state index in [2.05, 4.69) is 10.1 Å². The van der Waals surface area contributed by atoms with E-state index in [0.717, 1.165) is 6.20 Å². The normalized spacial score (nSPS) is 10.4. The molecule has 0 radical (unpaired) electrons. The molecule has 2 aromatic heterocycles. The third-order valence-corrected chi connectivity index (χ3v) is 2.49. The second-order valence-electron chi connectivity index (χ2n) is 3.18. The molecular formula is C10H7ClFN3O. The lowest BCUT2D eigenvalue weighted by Crippen LogP contribution is -2.03. The Bertz CT molecular complexity index is 533. The van der Waals surface area contributed by atoms with Gasteiger partial charge < -0.3 is 0 Å². The summed E-state index contributed by atoms with van der Waals surface area (Å²) in [6, 6.07) is 0. The van der Waals surface area contributed by atoms with Crippen molar-refractivity contribution in [1.82, 2.24) is 14.8 Å². The molecule has 0 saturated carbocycles. The Morgan fingerprint density at radius 1 is 1.50 bits per heavy atom. The van der Waals surface area contributed by atoms with E-state index in [-0.39, 0.29) is 11.3 Å². The van der Waals surface area contributed by atoms with Crippen LogP contribution in [0.2, 0.25) is 5.02 Å². The average Bonchev–Trinajstić information content (AvgIpc) is 2.59. The summed E-state index contributed by atoms with van der Waals surface area (Å²) in [7, 11) is 0. The monoisotopic (exact) mass is 239 g/mol. The van der Waals surface area contributed by atoms with Crippen LogP contribution < -0.4 is 0 Å². The number of hydrogen-bond acceptors (Lipinski definition) is 3. The van der Waals surface area contributed by atoms with Gasteiger partial charge in [0.15, 0.2) is 12.1 Å². The van der Waals surface area contributed by atoms with Crippen LogP contribution >= 0.6 is 11.6 Å². The molecule has 0 spiro atoms. The first-order chi connectivity index (χ1) is 7.63. The summed E-state index contributed by atoms with van der Waals surface area (Å²) < 4.78 is 14.6. The topological polar surface area (TPSA) is 47.8 Å². The standard InChI is InChI=1S/C10H7ClFN3O/c1-6-8(11)4-15(14-6)10-3-13-2-9(12)7(10)5-16/h2-5H,1H3. The van der Waals surface area contributed by atoms with E-state index in [1.165, 1.54) is 17.1 Å². The molecule has 0 bridgehead atoms. The molecule has 0 fully saturated rings. The van der Waals surface area contributed by atoms with Gasteiger partial charge in [0.25, 0.3) is 0 Å². The highest BCUT2D eigenvalue weighted by Gasteiger charge is 2.12. The molecule has 82 valence electrons. The fourth-order valence-electron chi connectivity index (χ4n) is 1.30. The Morgan fingerprint density at radius 3 is 2.81 bits per heavy atom. The first-order valence-electron chi connectivity index (χ1n) is 4.44. The predicted molar refractivity (Wildman–Crippen MR) is 56.5 cm³/mol. The van der Waals surface area contributed by atoms with Crippen molar-refractivity contribution in [3.63, 3.8) is 0 Å². The Labute approximate surface area is 95.7 Å². The van der Waals surface area contributed by atoms with Gasteiger partial charge in [-0.05, 0) is 6.92 Å². The van der Waals surface area contributed by atoms with Gasteiger partial charge in [0.05, 0.1) is 34.4 Å². The van der Waals surface area contributed by atoms with Crippen LogP contribution in [0, 0.1) is 12.7 Å². The summed E-state index contributed by atoms with van der Waals surface area (Å²) in [5.74, 6) is -0.684. The molecule has 0 N–H and O–H groups in total. The molecule has 0 aliphatic heterocycles. The highest BCUT2D eigenvalue weighted by Crippen LogP contribution is 2.19. The maximum absolute atomic E-state index is 13.3. The molecule has 2 rings (SSSR count). The molecule has 0 amide bonds. The van der Waals surface area contributed by atoms with Crippen molar-refractivity contribution in [2.75, 3.05) is 0 Å². The Hall–Kier alpha value is -1.75. The van der Waals surface area contributed by atoms with Gasteiger partial charge >= 0.3 is 0 Å². The summed E-state index contributed by atoms with van der Waals surface area (Å²) >= 11 is 5.83. The maximum atomic E-state index is 13.3. The number of hydrogen-bond donors (Lipinski definition) is 0. The zero-order valence-corrected chi connectivity index (χ0v) is 9.07. The summed E-state index contributed by atoms with van der Waals surface area (Å²) in [5, 5.41) is 4.49. The Kier molecular flexibility index (Phi) is 2.70. The number of halogens is 2. The van der Waals surface area contributed by atoms with Crippen molar-refractivity contribution in [2.45, 2.75) is 6.92 Å². The highest BCUT2D eigenvalue weighted by molar-refractivity contribution is 6.31. The molecule has 2 heterocycles. The lowest BCUT2D eigenvalue weighted by atomic mass is 10.2. The molecule has 0 saturated heterocycles. The minimum Gasteiger partial charge on any atom is -0.298 e. The van der Waals surface area contributed by atoms with Crippen molar-refractivity contribution in [1.29, 1.82) is 0 Å². The average molecular weight is 240 g/mol. The van der Waals surface area contributed by atoms with Crippen molar-refractivity contribution in [2.24, 2.45) is 0 Å². The number of rotatable bonds is 2.